The zero-order chi connectivity index (χ0) is 47.4. The Bertz CT molecular complexity index is 3430. The second kappa shape index (κ2) is 13.0. The van der Waals surface area contributed by atoms with E-state index in [0.717, 1.165) is 12.1 Å². The Hall–Kier alpha value is -9.60. The summed E-state index contributed by atoms with van der Waals surface area (Å²) >= 11 is 0. The summed E-state index contributed by atoms with van der Waals surface area (Å²) in [6.07, 6.45) is 0. The molecule has 0 aliphatic heterocycles. The molecule has 0 unspecified atom stereocenters. The molecule has 0 aromatic heterocycles. The molecule has 0 radical (unpaired) electrons. The van der Waals surface area contributed by atoms with E-state index < -0.39 is 192 Å². The van der Waals surface area contributed by atoms with Crippen LogP contribution in [0.4, 0.5) is 0 Å². The Labute approximate surface area is 352 Å². The predicted molar refractivity (Wildman–Crippen MR) is 219 cm³/mol. The van der Waals surface area contributed by atoms with Crippen LogP contribution >= 0.6 is 0 Å². The van der Waals surface area contributed by atoms with Crippen molar-refractivity contribution in [2.45, 2.75) is 13.8 Å². The molecule has 8 aromatic rings. The molecule has 22 nitrogen and oxygen atoms in total. The normalized spacial score (nSPS) is 11.7. The van der Waals surface area contributed by atoms with Crippen molar-refractivity contribution in [2.75, 3.05) is 0 Å². The fraction of sp³-hybridized carbons (Fsp3) is 0.0476. The van der Waals surface area contributed by atoms with Crippen LogP contribution < -0.4 is 0 Å². The standard InChI is InChI=1S/C42H30O22/c1-5-3-7(4-6(2)8(5)11-16-18(30(52)34(56)22(11)44)31(53)40(62)39(61)27(16)49)9-12-14(25(47)37(59)35(57)23(12)45)10(15-13(9)24(46)36(58)38(60)26(15)48)17-21(43)19-20(29(51)28(17)50)33(55)42(64)41(63)32(19)54/h3-4,43-64H,1-2H3. The van der Waals surface area contributed by atoms with Crippen molar-refractivity contribution in [1.29, 1.82) is 0 Å². The van der Waals surface area contributed by atoms with Gasteiger partial charge in [0.05, 0.1) is 21.7 Å². The van der Waals surface area contributed by atoms with Crippen LogP contribution in [-0.4, -0.2) is 112 Å². The van der Waals surface area contributed by atoms with Crippen LogP contribution in [-0.2, 0) is 0 Å². The van der Waals surface area contributed by atoms with Gasteiger partial charge in [0.25, 0.3) is 0 Å². The number of aromatic hydroxyl groups is 22. The van der Waals surface area contributed by atoms with Crippen LogP contribution in [0.2, 0.25) is 0 Å². The molecule has 0 fully saturated rings. The third-order valence-corrected chi connectivity index (χ3v) is 11.3. The summed E-state index contributed by atoms with van der Waals surface area (Å²) in [5.41, 5.74) is -4.27. The van der Waals surface area contributed by atoms with Crippen LogP contribution in [0, 0.1) is 13.8 Å². The van der Waals surface area contributed by atoms with Gasteiger partial charge in [0, 0.05) is 43.6 Å². The van der Waals surface area contributed by atoms with Crippen molar-refractivity contribution in [1.82, 2.24) is 0 Å². The van der Waals surface area contributed by atoms with Gasteiger partial charge in [0.1, 0.15) is 5.75 Å². The van der Waals surface area contributed by atoms with E-state index in [1.165, 1.54) is 13.8 Å². The first-order valence-corrected chi connectivity index (χ1v) is 17.8. The molecule has 0 amide bonds. The van der Waals surface area contributed by atoms with E-state index in [0.29, 0.717) is 0 Å². The van der Waals surface area contributed by atoms with Gasteiger partial charge in [-0.2, -0.15) is 0 Å². The first kappa shape index (κ1) is 41.1. The number of aryl methyl sites for hydroxylation is 2. The first-order chi connectivity index (χ1) is 29.8. The van der Waals surface area contributed by atoms with Crippen molar-refractivity contribution >= 4 is 43.1 Å². The zero-order valence-corrected chi connectivity index (χ0v) is 32.0. The topological polar surface area (TPSA) is 445 Å². The van der Waals surface area contributed by atoms with Crippen LogP contribution in [0.5, 0.6) is 126 Å². The summed E-state index contributed by atoms with van der Waals surface area (Å²) in [6, 6.07) is 2.24. The van der Waals surface area contributed by atoms with Crippen LogP contribution in [0.15, 0.2) is 12.1 Å². The molecule has 8 rings (SSSR count). The summed E-state index contributed by atoms with van der Waals surface area (Å²) in [5, 5.41) is 234. The lowest BCUT2D eigenvalue weighted by Gasteiger charge is -2.25. The fourth-order valence-corrected chi connectivity index (χ4v) is 8.41. The molecule has 22 heteroatoms. The molecule has 0 saturated heterocycles. The van der Waals surface area contributed by atoms with Gasteiger partial charge in [0.2, 0.25) is 51.7 Å². The van der Waals surface area contributed by atoms with Crippen LogP contribution in [0.25, 0.3) is 76.5 Å². The molecule has 330 valence electrons. The van der Waals surface area contributed by atoms with E-state index in [1.807, 2.05) is 0 Å². The Morgan fingerprint density at radius 2 is 0.406 bits per heavy atom. The quantitative estimate of drug-likeness (QED) is 0.0596. The van der Waals surface area contributed by atoms with Crippen molar-refractivity contribution in [3.8, 4) is 160 Å². The van der Waals surface area contributed by atoms with Crippen molar-refractivity contribution < 1.29 is 112 Å². The molecule has 64 heavy (non-hydrogen) atoms. The highest BCUT2D eigenvalue weighted by Gasteiger charge is 2.38. The maximum Gasteiger partial charge on any atom is 0.205 e. The summed E-state index contributed by atoms with van der Waals surface area (Å²) in [4.78, 5) is 0. The Morgan fingerprint density at radius 1 is 0.188 bits per heavy atom. The average molecular weight is 887 g/mol. The van der Waals surface area contributed by atoms with E-state index in [2.05, 4.69) is 0 Å². The summed E-state index contributed by atoms with van der Waals surface area (Å²) in [7, 11) is 0. The van der Waals surface area contributed by atoms with Gasteiger partial charge in [-0.05, 0) is 36.1 Å². The average Bonchev–Trinajstić information content (AvgIpc) is 3.25. The van der Waals surface area contributed by atoms with Crippen molar-refractivity contribution in [3.05, 3.63) is 23.3 Å². The molecular weight excluding hydrogens is 856 g/mol. The Morgan fingerprint density at radius 3 is 0.750 bits per heavy atom. The van der Waals surface area contributed by atoms with E-state index >= 15 is 0 Å². The molecule has 0 spiro atoms. The lowest BCUT2D eigenvalue weighted by molar-refractivity contribution is 0.347. The summed E-state index contributed by atoms with van der Waals surface area (Å²) in [5.74, 6) is -31.0. The molecule has 0 atom stereocenters. The molecule has 0 aliphatic rings. The number of hydrogen-bond acceptors (Lipinski definition) is 22. The lowest BCUT2D eigenvalue weighted by Crippen LogP contribution is -1.98. The number of rotatable bonds is 3. The van der Waals surface area contributed by atoms with Crippen molar-refractivity contribution in [3.63, 3.8) is 0 Å². The third-order valence-electron chi connectivity index (χ3n) is 11.3. The number of hydrogen-bond donors (Lipinski definition) is 22. The Balaban J connectivity index is 1.63. The highest BCUT2D eigenvalue weighted by molar-refractivity contribution is 6.31. The van der Waals surface area contributed by atoms with Crippen LogP contribution in [0.1, 0.15) is 11.1 Å². The monoisotopic (exact) mass is 886 g/mol. The number of fused-ring (bicyclic) bond motifs is 4. The first-order valence-electron chi connectivity index (χ1n) is 17.8. The molecule has 0 heterocycles. The molecule has 0 bridgehead atoms. The fourth-order valence-electron chi connectivity index (χ4n) is 8.41. The molecular formula is C42H30O22. The largest absolute Gasteiger partial charge is 0.506 e. The number of phenolic OH excluding ortho intramolecular Hbond substituents is 22. The maximum absolute atomic E-state index is 11.8. The van der Waals surface area contributed by atoms with Gasteiger partial charge < -0.3 is 112 Å². The summed E-state index contributed by atoms with van der Waals surface area (Å²) < 4.78 is 0. The minimum atomic E-state index is -1.56. The number of benzene rings is 8. The van der Waals surface area contributed by atoms with Crippen molar-refractivity contribution in [2.24, 2.45) is 0 Å². The van der Waals surface area contributed by atoms with E-state index in [9.17, 15) is 112 Å². The van der Waals surface area contributed by atoms with E-state index in [-0.39, 0.29) is 22.3 Å². The highest BCUT2D eigenvalue weighted by atomic mass is 16.4. The van der Waals surface area contributed by atoms with E-state index in [1.54, 1.807) is 0 Å². The Kier molecular flexibility index (Phi) is 8.33. The van der Waals surface area contributed by atoms with Crippen LogP contribution in [0.3, 0.4) is 0 Å². The SMILES string of the molecule is Cc1cc(-c2c3c(O)c(O)c(O)c(O)c3c(-c3c(O)c(O)c4c(O)c(O)c(O)c(O)c4c3O)c3c(O)c(O)c(O)c(O)c23)cc(C)c1-c1c(O)c(O)c(O)c2c(O)c(O)c(O)c(O)c12. The molecule has 22 N–H and O–H groups in total. The zero-order valence-electron chi connectivity index (χ0n) is 32.0. The van der Waals surface area contributed by atoms with Gasteiger partial charge >= 0.3 is 0 Å². The van der Waals surface area contributed by atoms with Gasteiger partial charge in [-0.3, -0.25) is 0 Å². The molecule has 0 aliphatic carbocycles. The smallest absolute Gasteiger partial charge is 0.205 e. The second-order valence-electron chi connectivity index (χ2n) is 14.7. The van der Waals surface area contributed by atoms with Gasteiger partial charge in [-0.1, -0.05) is 12.1 Å². The van der Waals surface area contributed by atoms with E-state index in [4.69, 9.17) is 0 Å². The lowest BCUT2D eigenvalue weighted by atomic mass is 9.81. The minimum Gasteiger partial charge on any atom is -0.506 e. The highest BCUT2D eigenvalue weighted by Crippen LogP contribution is 2.67. The van der Waals surface area contributed by atoms with Gasteiger partial charge in [0.15, 0.2) is 69.0 Å². The third kappa shape index (κ3) is 4.77. The molecule has 8 aromatic carbocycles. The maximum atomic E-state index is 11.8. The predicted octanol–water partition coefficient (Wildman–Crippen LogP) is 5.44. The second-order valence-corrected chi connectivity index (χ2v) is 14.7. The number of phenols is 22. The molecule has 0 saturated carbocycles. The minimum absolute atomic E-state index is 0.0694. The summed E-state index contributed by atoms with van der Waals surface area (Å²) in [6.45, 7) is 2.59. The van der Waals surface area contributed by atoms with Gasteiger partial charge in [-0.25, -0.2) is 0 Å². The van der Waals surface area contributed by atoms with Gasteiger partial charge in [-0.15, -0.1) is 0 Å².